The normalized spacial score (nSPS) is 17.3. The number of nitrogens with zero attached hydrogens (tertiary/aromatic N) is 1. The number of carbonyl (C=O) groups is 2. The predicted molar refractivity (Wildman–Crippen MR) is 117 cm³/mol. The van der Waals surface area contributed by atoms with Gasteiger partial charge in [0.05, 0.1) is 17.3 Å². The molecular weight excluding hydrogens is 406 g/mol. The molecule has 160 valence electrons. The van der Waals surface area contributed by atoms with E-state index in [2.05, 4.69) is 5.32 Å². The molecule has 1 fully saturated rings. The average molecular weight is 432 g/mol. The highest BCUT2D eigenvalue weighted by Gasteiger charge is 2.30. The summed E-state index contributed by atoms with van der Waals surface area (Å²) in [6.45, 7) is 5.15. The van der Waals surface area contributed by atoms with Gasteiger partial charge in [0.25, 0.3) is 5.91 Å². The molecule has 0 aromatic heterocycles. The lowest BCUT2D eigenvalue weighted by Crippen LogP contribution is -2.43. The summed E-state index contributed by atoms with van der Waals surface area (Å²) in [6.07, 6.45) is 1.51. The number of aryl methyl sites for hydroxylation is 2. The van der Waals surface area contributed by atoms with Gasteiger partial charge in [-0.1, -0.05) is 17.2 Å². The van der Waals surface area contributed by atoms with Crippen molar-refractivity contribution in [2.75, 3.05) is 30.9 Å². The topological polar surface area (TPSA) is 93.9 Å². The number of nitrogen functional groups attached to an aromatic ring is 1. The molecule has 2 heterocycles. The van der Waals surface area contributed by atoms with Gasteiger partial charge in [-0.3, -0.25) is 9.59 Å². The van der Waals surface area contributed by atoms with Crippen LogP contribution in [0.15, 0.2) is 30.3 Å². The molecule has 2 amide bonds. The molecule has 2 aliphatic heterocycles. The largest absolute Gasteiger partial charge is 0.454 e. The number of fused-ring (bicyclic) bond motifs is 1. The van der Waals surface area contributed by atoms with E-state index in [0.29, 0.717) is 41.5 Å². The molecule has 2 aliphatic rings. The fraction of sp³-hybridized carbons (Fsp3) is 0.364. The highest BCUT2D eigenvalue weighted by Crippen LogP contribution is 2.38. The Morgan fingerprint density at radius 2 is 1.73 bits per heavy atom. The van der Waals surface area contributed by atoms with Crippen molar-refractivity contribution in [1.29, 1.82) is 0 Å². The molecule has 4 rings (SSSR count). The van der Waals surface area contributed by atoms with Gasteiger partial charge in [-0.15, -0.1) is 12.4 Å². The second kappa shape index (κ2) is 8.83. The third-order valence-corrected chi connectivity index (χ3v) is 5.35. The summed E-state index contributed by atoms with van der Waals surface area (Å²) in [4.78, 5) is 27.6. The maximum absolute atomic E-state index is 13.0. The van der Waals surface area contributed by atoms with E-state index in [1.54, 1.807) is 17.0 Å². The van der Waals surface area contributed by atoms with Crippen LogP contribution >= 0.6 is 12.4 Å². The SMILES string of the molecule is Cc1cc(C)cc(C(=O)N2CCCC(C(=O)Nc3cc4c(cc3N)OCO4)C2)c1.Cl. The Morgan fingerprint density at radius 3 is 2.43 bits per heavy atom. The highest BCUT2D eigenvalue weighted by atomic mass is 35.5. The molecule has 1 unspecified atom stereocenters. The van der Waals surface area contributed by atoms with Gasteiger partial charge in [-0.05, 0) is 38.8 Å². The fourth-order valence-corrected chi connectivity index (χ4v) is 3.96. The third kappa shape index (κ3) is 4.46. The molecule has 0 aliphatic carbocycles. The van der Waals surface area contributed by atoms with Crippen molar-refractivity contribution in [3.8, 4) is 11.5 Å². The summed E-state index contributed by atoms with van der Waals surface area (Å²) in [5.41, 5.74) is 9.73. The Morgan fingerprint density at radius 1 is 1.07 bits per heavy atom. The number of nitrogens with one attached hydrogen (secondary N) is 1. The third-order valence-electron chi connectivity index (χ3n) is 5.35. The molecule has 0 radical (unpaired) electrons. The minimum Gasteiger partial charge on any atom is -0.454 e. The Balaban J connectivity index is 0.00000256. The van der Waals surface area contributed by atoms with Gasteiger partial charge >= 0.3 is 0 Å². The van der Waals surface area contributed by atoms with Crippen LogP contribution in [-0.2, 0) is 4.79 Å². The summed E-state index contributed by atoms with van der Waals surface area (Å²) in [5, 5.41) is 2.89. The number of benzene rings is 2. The summed E-state index contributed by atoms with van der Waals surface area (Å²) >= 11 is 0. The zero-order valence-electron chi connectivity index (χ0n) is 17.1. The van der Waals surface area contributed by atoms with E-state index in [1.165, 1.54) is 0 Å². The number of rotatable bonds is 3. The van der Waals surface area contributed by atoms with Crippen LogP contribution in [0.25, 0.3) is 0 Å². The molecule has 8 heteroatoms. The van der Waals surface area contributed by atoms with E-state index in [1.807, 2.05) is 32.0 Å². The molecule has 0 spiro atoms. The van der Waals surface area contributed by atoms with Gasteiger partial charge in [0.15, 0.2) is 11.5 Å². The number of nitrogens with two attached hydrogens (primary N) is 1. The standard InChI is InChI=1S/C22H25N3O4.ClH/c1-13-6-14(2)8-16(7-13)22(27)25-5-3-4-15(11-25)21(26)24-18-10-20-19(9-17(18)23)28-12-29-20;/h6-10,15H,3-5,11-12,23H2,1-2H3,(H,24,26);1H. The van der Waals surface area contributed by atoms with Crippen LogP contribution in [0, 0.1) is 19.8 Å². The van der Waals surface area contributed by atoms with Crippen LogP contribution in [-0.4, -0.2) is 36.6 Å². The molecule has 30 heavy (non-hydrogen) atoms. The first-order chi connectivity index (χ1) is 13.9. The quantitative estimate of drug-likeness (QED) is 0.725. The van der Waals surface area contributed by atoms with E-state index in [4.69, 9.17) is 15.2 Å². The first-order valence-electron chi connectivity index (χ1n) is 9.78. The maximum atomic E-state index is 13.0. The van der Waals surface area contributed by atoms with Gasteiger partial charge in [0, 0.05) is 30.8 Å². The molecule has 3 N–H and O–H groups in total. The van der Waals surface area contributed by atoms with Crippen molar-refractivity contribution < 1.29 is 19.1 Å². The minimum atomic E-state index is -0.288. The van der Waals surface area contributed by atoms with Crippen LogP contribution in [0.1, 0.15) is 34.3 Å². The number of likely N-dealkylation sites (tertiary alicyclic amines) is 1. The van der Waals surface area contributed by atoms with Gasteiger partial charge < -0.3 is 25.4 Å². The van der Waals surface area contributed by atoms with E-state index in [9.17, 15) is 9.59 Å². The minimum absolute atomic E-state index is 0. The van der Waals surface area contributed by atoms with Crippen LogP contribution in [0.2, 0.25) is 0 Å². The highest BCUT2D eigenvalue weighted by molar-refractivity contribution is 5.98. The molecule has 7 nitrogen and oxygen atoms in total. The Labute approximate surface area is 181 Å². The number of halogens is 1. The van der Waals surface area contributed by atoms with E-state index in [-0.39, 0.29) is 36.9 Å². The van der Waals surface area contributed by atoms with Crippen LogP contribution < -0.4 is 20.5 Å². The van der Waals surface area contributed by atoms with Crippen molar-refractivity contribution in [1.82, 2.24) is 4.90 Å². The Hall–Kier alpha value is -2.93. The average Bonchev–Trinajstić information content (AvgIpc) is 3.14. The lowest BCUT2D eigenvalue weighted by Gasteiger charge is -2.32. The molecule has 0 bridgehead atoms. The van der Waals surface area contributed by atoms with Gasteiger partial charge in [-0.2, -0.15) is 0 Å². The van der Waals surface area contributed by atoms with Crippen LogP contribution in [0.3, 0.4) is 0 Å². The number of anilines is 2. The zero-order chi connectivity index (χ0) is 20.5. The number of carbonyl (C=O) groups excluding carboxylic acids is 2. The van der Waals surface area contributed by atoms with Gasteiger partial charge in [-0.25, -0.2) is 0 Å². The van der Waals surface area contributed by atoms with Crippen molar-refractivity contribution in [3.63, 3.8) is 0 Å². The summed E-state index contributed by atoms with van der Waals surface area (Å²) in [7, 11) is 0. The maximum Gasteiger partial charge on any atom is 0.253 e. The monoisotopic (exact) mass is 431 g/mol. The van der Waals surface area contributed by atoms with Crippen molar-refractivity contribution in [3.05, 3.63) is 47.0 Å². The Kier molecular flexibility index (Phi) is 6.41. The molecule has 2 aromatic carbocycles. The number of hydrogen-bond donors (Lipinski definition) is 2. The second-order valence-corrected chi connectivity index (χ2v) is 7.75. The van der Waals surface area contributed by atoms with Gasteiger partial charge in [0.1, 0.15) is 0 Å². The first-order valence-corrected chi connectivity index (χ1v) is 9.78. The van der Waals surface area contributed by atoms with Crippen molar-refractivity contribution in [2.24, 2.45) is 5.92 Å². The zero-order valence-corrected chi connectivity index (χ0v) is 17.9. The van der Waals surface area contributed by atoms with Crippen LogP contribution in [0.5, 0.6) is 11.5 Å². The molecule has 1 saturated heterocycles. The van der Waals surface area contributed by atoms with Crippen molar-refractivity contribution >= 4 is 35.6 Å². The fourth-order valence-electron chi connectivity index (χ4n) is 3.96. The first kappa shape index (κ1) is 21.8. The Bertz CT molecular complexity index is 959. The predicted octanol–water partition coefficient (Wildman–Crippen LogP) is 3.53. The number of ether oxygens (including phenoxy) is 2. The molecule has 2 aromatic rings. The number of hydrogen-bond acceptors (Lipinski definition) is 5. The van der Waals surface area contributed by atoms with E-state index in [0.717, 1.165) is 24.0 Å². The van der Waals surface area contributed by atoms with E-state index >= 15 is 0 Å². The summed E-state index contributed by atoms with van der Waals surface area (Å²) < 4.78 is 10.7. The smallest absolute Gasteiger partial charge is 0.253 e. The molecule has 0 saturated carbocycles. The number of amides is 2. The lowest BCUT2D eigenvalue weighted by molar-refractivity contribution is -0.121. The number of piperidine rings is 1. The second-order valence-electron chi connectivity index (χ2n) is 7.75. The van der Waals surface area contributed by atoms with Crippen molar-refractivity contribution in [2.45, 2.75) is 26.7 Å². The van der Waals surface area contributed by atoms with Crippen LogP contribution in [0.4, 0.5) is 11.4 Å². The molecular formula is C22H26ClN3O4. The van der Waals surface area contributed by atoms with Gasteiger partial charge in [0.2, 0.25) is 12.7 Å². The summed E-state index contributed by atoms with van der Waals surface area (Å²) in [6, 6.07) is 9.16. The lowest BCUT2D eigenvalue weighted by atomic mass is 9.96. The summed E-state index contributed by atoms with van der Waals surface area (Å²) in [5.74, 6) is 0.668. The van der Waals surface area contributed by atoms with E-state index < -0.39 is 0 Å². The molecule has 1 atom stereocenters.